The number of alkyl halides is 3. The summed E-state index contributed by atoms with van der Waals surface area (Å²) < 4.78 is 73.2. The lowest BCUT2D eigenvalue weighted by Crippen LogP contribution is -2.17. The molecule has 216 valence electrons. The molecule has 0 unspecified atom stereocenters. The molecule has 1 aromatic heterocycles. The summed E-state index contributed by atoms with van der Waals surface area (Å²) in [6.45, 7) is 3.69. The fourth-order valence-electron chi connectivity index (χ4n) is 4.47. The summed E-state index contributed by atoms with van der Waals surface area (Å²) in [4.78, 5) is 13.4. The van der Waals surface area contributed by atoms with Crippen molar-refractivity contribution in [2.75, 3.05) is 11.6 Å². The minimum Gasteiger partial charge on any atom is -0.373 e. The number of anilines is 1. The third-order valence-corrected chi connectivity index (χ3v) is 7.85. The van der Waals surface area contributed by atoms with Crippen LogP contribution in [0.5, 0.6) is 0 Å². The molecule has 0 bridgehead atoms. The molecule has 0 aliphatic carbocycles. The fraction of sp³-hybridized carbons (Fsp3) is 0.233. The standard InChI is InChI=1S/C30H28ClF3N2O4S/c1-19(40-18-21-7-5-4-6-8-21)15-24-17-26(29(37)35-23-10-12-25(13-11-23)41(3,38)39)20(2)36(24)28-14-9-22(31)16-27(28)30(32,33)34/h4-14,16-17,19H,15,18H2,1-3H3,(H,35,37)/t19-/m0/s1. The molecule has 0 aliphatic heterocycles. The van der Waals surface area contributed by atoms with Crippen LogP contribution in [0.2, 0.25) is 5.02 Å². The van der Waals surface area contributed by atoms with Crippen LogP contribution in [-0.2, 0) is 33.8 Å². The summed E-state index contributed by atoms with van der Waals surface area (Å²) >= 11 is 5.93. The summed E-state index contributed by atoms with van der Waals surface area (Å²) in [6.07, 6.45) is -3.81. The van der Waals surface area contributed by atoms with E-state index in [0.29, 0.717) is 18.0 Å². The third kappa shape index (κ3) is 7.38. The van der Waals surface area contributed by atoms with Crippen LogP contribution in [0.15, 0.2) is 83.8 Å². The molecule has 4 rings (SSSR count). The largest absolute Gasteiger partial charge is 0.418 e. The average Bonchev–Trinajstić information content (AvgIpc) is 3.22. The zero-order valence-corrected chi connectivity index (χ0v) is 24.1. The van der Waals surface area contributed by atoms with Crippen molar-refractivity contribution in [3.05, 3.63) is 112 Å². The van der Waals surface area contributed by atoms with Crippen molar-refractivity contribution >= 4 is 33.0 Å². The van der Waals surface area contributed by atoms with Crippen LogP contribution in [0.4, 0.5) is 18.9 Å². The Labute approximate surface area is 241 Å². The lowest BCUT2D eigenvalue weighted by molar-refractivity contribution is -0.137. The van der Waals surface area contributed by atoms with Gasteiger partial charge in [-0.1, -0.05) is 41.9 Å². The number of sulfone groups is 1. The Morgan fingerprint density at radius 1 is 1.02 bits per heavy atom. The summed E-state index contributed by atoms with van der Waals surface area (Å²) in [7, 11) is -3.42. The molecule has 1 amide bonds. The number of nitrogens with one attached hydrogen (secondary N) is 1. The maximum atomic E-state index is 14.1. The number of ether oxygens (including phenoxy) is 1. The van der Waals surface area contributed by atoms with Gasteiger partial charge in [-0.2, -0.15) is 13.2 Å². The first-order chi connectivity index (χ1) is 19.2. The Kier molecular flexibility index (Phi) is 8.96. The van der Waals surface area contributed by atoms with E-state index in [-0.39, 0.29) is 33.3 Å². The molecule has 41 heavy (non-hydrogen) atoms. The second kappa shape index (κ2) is 12.1. The highest BCUT2D eigenvalue weighted by Crippen LogP contribution is 2.37. The van der Waals surface area contributed by atoms with E-state index in [1.165, 1.54) is 41.0 Å². The summed E-state index contributed by atoms with van der Waals surface area (Å²) in [5.41, 5.74) is 1.06. The van der Waals surface area contributed by atoms with Gasteiger partial charge in [0.2, 0.25) is 0 Å². The Balaban J connectivity index is 1.71. The number of carbonyl (C=O) groups excluding carboxylic acids is 1. The van der Waals surface area contributed by atoms with Crippen LogP contribution in [0.1, 0.15) is 39.8 Å². The Bertz CT molecular complexity index is 1650. The molecule has 0 spiro atoms. The molecule has 0 saturated carbocycles. The van der Waals surface area contributed by atoms with E-state index in [0.717, 1.165) is 17.9 Å². The third-order valence-electron chi connectivity index (χ3n) is 6.49. The molecule has 0 saturated heterocycles. The molecule has 11 heteroatoms. The van der Waals surface area contributed by atoms with E-state index in [9.17, 15) is 26.4 Å². The van der Waals surface area contributed by atoms with Gasteiger partial charge >= 0.3 is 6.18 Å². The highest BCUT2D eigenvalue weighted by molar-refractivity contribution is 7.90. The first-order valence-electron chi connectivity index (χ1n) is 12.6. The van der Waals surface area contributed by atoms with Crippen LogP contribution in [-0.4, -0.2) is 31.3 Å². The number of hydrogen-bond acceptors (Lipinski definition) is 4. The van der Waals surface area contributed by atoms with Crippen molar-refractivity contribution in [2.24, 2.45) is 0 Å². The number of rotatable bonds is 9. The zero-order valence-electron chi connectivity index (χ0n) is 22.5. The smallest absolute Gasteiger partial charge is 0.373 e. The molecule has 6 nitrogen and oxygen atoms in total. The fourth-order valence-corrected chi connectivity index (χ4v) is 5.27. The van der Waals surface area contributed by atoms with Crippen molar-refractivity contribution in [1.82, 2.24) is 4.57 Å². The SMILES string of the molecule is Cc1c(C(=O)Nc2ccc(S(C)(=O)=O)cc2)cc(C[C@H](C)OCc2ccccc2)n1-c1ccc(Cl)cc1C(F)(F)F. The maximum absolute atomic E-state index is 14.1. The normalized spacial score (nSPS) is 12.8. The van der Waals surface area contributed by atoms with Crippen LogP contribution >= 0.6 is 11.6 Å². The van der Waals surface area contributed by atoms with Crippen molar-refractivity contribution in [3.8, 4) is 5.69 Å². The van der Waals surface area contributed by atoms with Gasteiger partial charge in [0.05, 0.1) is 34.4 Å². The summed E-state index contributed by atoms with van der Waals surface area (Å²) in [6, 6.07) is 20.2. The van der Waals surface area contributed by atoms with Crippen LogP contribution < -0.4 is 5.32 Å². The highest BCUT2D eigenvalue weighted by Gasteiger charge is 2.35. The monoisotopic (exact) mass is 604 g/mol. The molecule has 4 aromatic rings. The average molecular weight is 605 g/mol. The van der Waals surface area contributed by atoms with E-state index in [1.54, 1.807) is 13.0 Å². The molecular formula is C30H28ClF3N2O4S. The number of carbonyl (C=O) groups is 1. The van der Waals surface area contributed by atoms with Gasteiger partial charge in [-0.15, -0.1) is 0 Å². The molecule has 1 N–H and O–H groups in total. The highest BCUT2D eigenvalue weighted by atomic mass is 35.5. The van der Waals surface area contributed by atoms with Gasteiger partial charge in [-0.3, -0.25) is 4.79 Å². The van der Waals surface area contributed by atoms with Gasteiger partial charge in [0.25, 0.3) is 5.91 Å². The van der Waals surface area contributed by atoms with E-state index >= 15 is 0 Å². The minimum absolute atomic E-state index is 0.0671. The Morgan fingerprint density at radius 2 is 1.68 bits per heavy atom. The number of halogens is 4. The second-order valence-corrected chi connectivity index (χ2v) is 12.1. The summed E-state index contributed by atoms with van der Waals surface area (Å²) in [5, 5.41) is 2.63. The number of nitrogens with zero attached hydrogens (tertiary/aromatic N) is 1. The number of aromatic nitrogens is 1. The molecule has 1 atom stereocenters. The van der Waals surface area contributed by atoms with Crippen molar-refractivity contribution < 1.29 is 31.1 Å². The topological polar surface area (TPSA) is 77.4 Å². The second-order valence-electron chi connectivity index (χ2n) is 9.69. The van der Waals surface area contributed by atoms with E-state index in [1.807, 2.05) is 37.3 Å². The molecule has 0 aliphatic rings. The van der Waals surface area contributed by atoms with E-state index in [4.69, 9.17) is 16.3 Å². The predicted molar refractivity (Wildman–Crippen MR) is 152 cm³/mol. The van der Waals surface area contributed by atoms with Crippen molar-refractivity contribution in [1.29, 1.82) is 0 Å². The van der Waals surface area contributed by atoms with Gasteiger partial charge < -0.3 is 14.6 Å². The molecular weight excluding hydrogens is 577 g/mol. The number of benzene rings is 3. The van der Waals surface area contributed by atoms with E-state index in [2.05, 4.69) is 5.32 Å². The van der Waals surface area contributed by atoms with Gasteiger partial charge in [0.1, 0.15) is 0 Å². The van der Waals surface area contributed by atoms with Gasteiger partial charge in [-0.25, -0.2) is 8.42 Å². The molecule has 1 heterocycles. The van der Waals surface area contributed by atoms with Crippen LogP contribution in [0.25, 0.3) is 5.69 Å². The van der Waals surface area contributed by atoms with Gasteiger partial charge in [-0.05, 0) is 67.9 Å². The zero-order chi connectivity index (χ0) is 29.9. The van der Waals surface area contributed by atoms with Gasteiger partial charge in [0.15, 0.2) is 9.84 Å². The quantitative estimate of drug-likeness (QED) is 0.218. The Morgan fingerprint density at radius 3 is 2.29 bits per heavy atom. The number of hydrogen-bond donors (Lipinski definition) is 1. The lowest BCUT2D eigenvalue weighted by atomic mass is 10.1. The van der Waals surface area contributed by atoms with Crippen molar-refractivity contribution in [3.63, 3.8) is 0 Å². The lowest BCUT2D eigenvalue weighted by Gasteiger charge is -2.20. The first-order valence-corrected chi connectivity index (χ1v) is 14.9. The first kappa shape index (κ1) is 30.4. The number of amides is 1. The summed E-state index contributed by atoms with van der Waals surface area (Å²) in [5.74, 6) is -0.560. The molecule has 3 aromatic carbocycles. The van der Waals surface area contributed by atoms with E-state index < -0.39 is 33.6 Å². The van der Waals surface area contributed by atoms with Crippen LogP contribution in [0, 0.1) is 6.92 Å². The molecule has 0 radical (unpaired) electrons. The minimum atomic E-state index is -4.70. The van der Waals surface area contributed by atoms with Crippen molar-refractivity contribution in [2.45, 2.75) is 44.1 Å². The Hall–Kier alpha value is -3.60. The van der Waals surface area contributed by atoms with Crippen LogP contribution in [0.3, 0.4) is 0 Å². The maximum Gasteiger partial charge on any atom is 0.418 e. The van der Waals surface area contributed by atoms with Gasteiger partial charge in [0, 0.05) is 34.8 Å². The molecule has 0 fully saturated rings. The predicted octanol–water partition coefficient (Wildman–Crippen LogP) is 7.26.